The van der Waals surface area contributed by atoms with Gasteiger partial charge in [-0.2, -0.15) is 11.3 Å². The molecular formula is C15H19NO4S2. The number of hydrogen-bond donors (Lipinski definition) is 2. The third kappa shape index (κ3) is 4.30. The summed E-state index contributed by atoms with van der Waals surface area (Å²) in [4.78, 5) is 0.0591. The van der Waals surface area contributed by atoms with Crippen LogP contribution in [0.3, 0.4) is 0 Å². The van der Waals surface area contributed by atoms with E-state index in [0.29, 0.717) is 6.42 Å². The van der Waals surface area contributed by atoms with E-state index in [2.05, 4.69) is 4.72 Å². The zero-order valence-electron chi connectivity index (χ0n) is 12.4. The summed E-state index contributed by atoms with van der Waals surface area (Å²) in [5, 5.41) is 14.2. The van der Waals surface area contributed by atoms with Gasteiger partial charge in [0.15, 0.2) is 0 Å². The van der Waals surface area contributed by atoms with Crippen molar-refractivity contribution in [3.63, 3.8) is 0 Å². The molecule has 0 aliphatic carbocycles. The highest BCUT2D eigenvalue weighted by atomic mass is 32.2. The van der Waals surface area contributed by atoms with Crippen LogP contribution in [0.25, 0.3) is 0 Å². The molecule has 2 N–H and O–H groups in total. The molecule has 120 valence electrons. The SMILES string of the molecule is COc1ccccc1S(=O)(=O)NCC(C)(O)Cc1ccsc1. The van der Waals surface area contributed by atoms with Crippen molar-refractivity contribution in [1.82, 2.24) is 4.72 Å². The van der Waals surface area contributed by atoms with Crippen LogP contribution in [0.4, 0.5) is 0 Å². The molecule has 5 nitrogen and oxygen atoms in total. The molecule has 0 saturated carbocycles. The fourth-order valence-corrected chi connectivity index (χ4v) is 4.06. The zero-order chi connectivity index (χ0) is 16.2. The molecule has 1 heterocycles. The van der Waals surface area contributed by atoms with Gasteiger partial charge in [0.2, 0.25) is 10.0 Å². The predicted molar refractivity (Wildman–Crippen MR) is 86.8 cm³/mol. The first-order valence-electron chi connectivity index (χ1n) is 6.70. The molecule has 0 aliphatic heterocycles. The highest BCUT2D eigenvalue weighted by molar-refractivity contribution is 7.89. The number of benzene rings is 1. The number of sulfonamides is 1. The number of para-hydroxylation sites is 1. The molecule has 0 amide bonds. The second-order valence-corrected chi connectivity index (χ2v) is 7.80. The van der Waals surface area contributed by atoms with Crippen LogP contribution in [0.5, 0.6) is 5.75 Å². The number of nitrogens with one attached hydrogen (secondary N) is 1. The lowest BCUT2D eigenvalue weighted by Gasteiger charge is -2.23. The van der Waals surface area contributed by atoms with E-state index in [-0.39, 0.29) is 17.2 Å². The van der Waals surface area contributed by atoms with E-state index in [1.807, 2.05) is 16.8 Å². The Bertz CT molecular complexity index is 709. The Morgan fingerprint density at radius 3 is 2.68 bits per heavy atom. The Balaban J connectivity index is 2.09. The average Bonchev–Trinajstić information content (AvgIpc) is 2.97. The van der Waals surface area contributed by atoms with Gasteiger partial charge in [-0.15, -0.1) is 0 Å². The lowest BCUT2D eigenvalue weighted by molar-refractivity contribution is 0.0658. The van der Waals surface area contributed by atoms with Crippen molar-refractivity contribution in [2.75, 3.05) is 13.7 Å². The third-order valence-corrected chi connectivity index (χ3v) is 5.34. The number of hydrogen-bond acceptors (Lipinski definition) is 5. The minimum absolute atomic E-state index is 0.0591. The van der Waals surface area contributed by atoms with Crippen molar-refractivity contribution in [2.24, 2.45) is 0 Å². The summed E-state index contributed by atoms with van der Waals surface area (Å²) in [7, 11) is -2.33. The standard InChI is InChI=1S/C15H19NO4S2/c1-15(17,9-12-7-8-21-10-12)11-16-22(18,19)14-6-4-3-5-13(14)20-2/h3-8,10,16-17H,9,11H2,1-2H3. The Morgan fingerprint density at radius 2 is 2.05 bits per heavy atom. The molecule has 0 aliphatic rings. The molecule has 22 heavy (non-hydrogen) atoms. The number of rotatable bonds is 7. The van der Waals surface area contributed by atoms with E-state index < -0.39 is 15.6 Å². The lowest BCUT2D eigenvalue weighted by Crippen LogP contribution is -2.42. The number of ether oxygens (including phenoxy) is 1. The molecule has 1 aromatic carbocycles. The van der Waals surface area contributed by atoms with E-state index in [0.717, 1.165) is 5.56 Å². The quantitative estimate of drug-likeness (QED) is 0.808. The highest BCUT2D eigenvalue weighted by Gasteiger charge is 2.26. The van der Waals surface area contributed by atoms with Crippen molar-refractivity contribution in [3.8, 4) is 5.75 Å². The molecular weight excluding hydrogens is 322 g/mol. The topological polar surface area (TPSA) is 75.6 Å². The monoisotopic (exact) mass is 341 g/mol. The van der Waals surface area contributed by atoms with Crippen LogP contribution in [-0.4, -0.2) is 32.8 Å². The molecule has 1 aromatic heterocycles. The first kappa shape index (κ1) is 17.0. The van der Waals surface area contributed by atoms with Gasteiger partial charge in [-0.1, -0.05) is 12.1 Å². The van der Waals surface area contributed by atoms with Crippen LogP contribution in [0.2, 0.25) is 0 Å². The molecule has 7 heteroatoms. The van der Waals surface area contributed by atoms with Crippen molar-refractivity contribution in [1.29, 1.82) is 0 Å². The van der Waals surface area contributed by atoms with Gasteiger partial charge in [0.1, 0.15) is 10.6 Å². The van der Waals surface area contributed by atoms with Crippen LogP contribution in [0.1, 0.15) is 12.5 Å². The van der Waals surface area contributed by atoms with Gasteiger partial charge in [0.25, 0.3) is 0 Å². The summed E-state index contributed by atoms with van der Waals surface area (Å²) in [6.45, 7) is 1.53. The van der Waals surface area contributed by atoms with Crippen molar-refractivity contribution in [2.45, 2.75) is 23.8 Å². The Labute approximate surface area is 134 Å². The van der Waals surface area contributed by atoms with Gasteiger partial charge in [-0.25, -0.2) is 13.1 Å². The maximum Gasteiger partial charge on any atom is 0.244 e. The average molecular weight is 341 g/mol. The second-order valence-electron chi connectivity index (χ2n) is 5.28. The largest absolute Gasteiger partial charge is 0.495 e. The van der Waals surface area contributed by atoms with Gasteiger partial charge < -0.3 is 9.84 Å². The Kier molecular flexibility index (Phi) is 5.23. The summed E-state index contributed by atoms with van der Waals surface area (Å²) in [6, 6.07) is 8.28. The zero-order valence-corrected chi connectivity index (χ0v) is 14.1. The van der Waals surface area contributed by atoms with Crippen LogP contribution in [0, 0.1) is 0 Å². The fourth-order valence-electron chi connectivity index (χ4n) is 2.06. The molecule has 1 unspecified atom stereocenters. The molecule has 0 spiro atoms. The number of thiophene rings is 1. The predicted octanol–water partition coefficient (Wildman–Crippen LogP) is 2.03. The van der Waals surface area contributed by atoms with E-state index >= 15 is 0 Å². The van der Waals surface area contributed by atoms with Crippen molar-refractivity contribution < 1.29 is 18.3 Å². The van der Waals surface area contributed by atoms with Gasteiger partial charge in [0, 0.05) is 13.0 Å². The van der Waals surface area contributed by atoms with E-state index in [1.54, 1.807) is 25.1 Å². The van der Waals surface area contributed by atoms with E-state index in [4.69, 9.17) is 4.74 Å². The maximum absolute atomic E-state index is 12.4. The van der Waals surface area contributed by atoms with Crippen LogP contribution in [-0.2, 0) is 16.4 Å². The second kappa shape index (κ2) is 6.78. The summed E-state index contributed by atoms with van der Waals surface area (Å²) in [5.41, 5.74) is -0.192. The lowest BCUT2D eigenvalue weighted by atomic mass is 9.99. The van der Waals surface area contributed by atoms with E-state index in [9.17, 15) is 13.5 Å². The summed E-state index contributed by atoms with van der Waals surface area (Å²) in [5.74, 6) is 0.271. The molecule has 1 atom stereocenters. The van der Waals surface area contributed by atoms with Gasteiger partial charge in [-0.3, -0.25) is 0 Å². The number of methoxy groups -OCH3 is 1. The minimum Gasteiger partial charge on any atom is -0.495 e. The Hall–Kier alpha value is -1.41. The molecule has 0 fully saturated rings. The first-order valence-corrected chi connectivity index (χ1v) is 9.13. The third-order valence-electron chi connectivity index (χ3n) is 3.17. The maximum atomic E-state index is 12.4. The molecule has 0 radical (unpaired) electrons. The highest BCUT2D eigenvalue weighted by Crippen LogP contribution is 2.23. The number of aliphatic hydroxyl groups is 1. The Morgan fingerprint density at radius 1 is 1.32 bits per heavy atom. The normalized spacial score (nSPS) is 14.5. The van der Waals surface area contributed by atoms with Gasteiger partial charge >= 0.3 is 0 Å². The molecule has 2 rings (SSSR count). The summed E-state index contributed by atoms with van der Waals surface area (Å²) >= 11 is 1.54. The molecule has 0 saturated heterocycles. The summed E-state index contributed by atoms with van der Waals surface area (Å²) < 4.78 is 32.2. The van der Waals surface area contributed by atoms with E-state index in [1.165, 1.54) is 24.5 Å². The molecule has 2 aromatic rings. The first-order chi connectivity index (χ1) is 10.3. The smallest absolute Gasteiger partial charge is 0.244 e. The van der Waals surface area contributed by atoms with Crippen molar-refractivity contribution in [3.05, 3.63) is 46.7 Å². The van der Waals surface area contributed by atoms with Crippen molar-refractivity contribution >= 4 is 21.4 Å². The molecule has 0 bridgehead atoms. The van der Waals surface area contributed by atoms with Crippen LogP contribution >= 0.6 is 11.3 Å². The summed E-state index contributed by atoms with van der Waals surface area (Å²) in [6.07, 6.45) is 0.380. The minimum atomic E-state index is -3.75. The van der Waals surface area contributed by atoms with Gasteiger partial charge in [0.05, 0.1) is 12.7 Å². The fraction of sp³-hybridized carbons (Fsp3) is 0.333. The van der Waals surface area contributed by atoms with Crippen LogP contribution < -0.4 is 9.46 Å². The van der Waals surface area contributed by atoms with Gasteiger partial charge in [-0.05, 0) is 41.4 Å². The van der Waals surface area contributed by atoms with Crippen LogP contribution in [0.15, 0.2) is 46.0 Å².